The van der Waals surface area contributed by atoms with Crippen LogP contribution in [0.2, 0.25) is 0 Å². The van der Waals surface area contributed by atoms with Gasteiger partial charge in [0.1, 0.15) is 11.4 Å². The van der Waals surface area contributed by atoms with Crippen LogP contribution in [0.4, 0.5) is 5.69 Å². The fourth-order valence-corrected chi connectivity index (χ4v) is 3.89. The molecule has 1 aromatic carbocycles. The maximum absolute atomic E-state index is 12.5. The molecule has 32 heavy (non-hydrogen) atoms. The summed E-state index contributed by atoms with van der Waals surface area (Å²) in [5.74, 6) is 1.44. The van der Waals surface area contributed by atoms with Crippen molar-refractivity contribution in [3.05, 3.63) is 60.0 Å². The van der Waals surface area contributed by atoms with Crippen molar-refractivity contribution in [2.75, 3.05) is 32.0 Å². The zero-order valence-electron chi connectivity index (χ0n) is 18.3. The van der Waals surface area contributed by atoms with Crippen LogP contribution in [-0.2, 0) is 6.54 Å². The number of amides is 1. The van der Waals surface area contributed by atoms with Crippen molar-refractivity contribution in [3.8, 4) is 17.1 Å². The topological polar surface area (TPSA) is 107 Å². The highest BCUT2D eigenvalue weighted by Gasteiger charge is 2.22. The summed E-state index contributed by atoms with van der Waals surface area (Å²) in [6.07, 6.45) is 2.02. The van der Waals surface area contributed by atoms with Gasteiger partial charge in [-0.25, -0.2) is 4.98 Å². The van der Waals surface area contributed by atoms with E-state index in [1.807, 2.05) is 43.3 Å². The first-order valence-electron chi connectivity index (χ1n) is 11.0. The molecule has 3 N–H and O–H groups in total. The van der Waals surface area contributed by atoms with Crippen molar-refractivity contribution in [1.82, 2.24) is 20.4 Å². The van der Waals surface area contributed by atoms with Crippen LogP contribution in [0, 0.1) is 5.92 Å². The van der Waals surface area contributed by atoms with Gasteiger partial charge >= 0.3 is 0 Å². The van der Waals surface area contributed by atoms with Crippen molar-refractivity contribution in [3.63, 3.8) is 0 Å². The molecule has 2 aromatic heterocycles. The average molecular weight is 436 g/mol. The maximum Gasteiger partial charge on any atom is 0.270 e. The minimum absolute atomic E-state index is 0.226. The van der Waals surface area contributed by atoms with E-state index in [-0.39, 0.29) is 11.6 Å². The van der Waals surface area contributed by atoms with E-state index in [9.17, 15) is 4.79 Å². The van der Waals surface area contributed by atoms with E-state index in [2.05, 4.69) is 20.4 Å². The van der Waals surface area contributed by atoms with Crippen LogP contribution in [0.15, 0.2) is 53.1 Å². The van der Waals surface area contributed by atoms with Crippen molar-refractivity contribution in [2.45, 2.75) is 26.3 Å². The summed E-state index contributed by atoms with van der Waals surface area (Å²) in [5.41, 5.74) is 8.52. The van der Waals surface area contributed by atoms with Gasteiger partial charge < -0.3 is 20.3 Å². The summed E-state index contributed by atoms with van der Waals surface area (Å²) < 4.78 is 10.9. The number of carbonyl (C=O) groups excluding carboxylic acids is 1. The third-order valence-electron chi connectivity index (χ3n) is 5.62. The van der Waals surface area contributed by atoms with Gasteiger partial charge in [-0.1, -0.05) is 35.5 Å². The summed E-state index contributed by atoms with van der Waals surface area (Å²) in [7, 11) is 0. The Morgan fingerprint density at radius 1 is 1.22 bits per heavy atom. The number of piperidine rings is 1. The van der Waals surface area contributed by atoms with Gasteiger partial charge in [-0.3, -0.25) is 9.69 Å². The minimum atomic E-state index is -0.226. The van der Waals surface area contributed by atoms with E-state index in [0.29, 0.717) is 30.6 Å². The zero-order valence-corrected chi connectivity index (χ0v) is 18.3. The molecule has 0 unspecified atom stereocenters. The first kappa shape index (κ1) is 21.8. The van der Waals surface area contributed by atoms with Crippen LogP contribution in [-0.4, -0.2) is 47.2 Å². The van der Waals surface area contributed by atoms with E-state index in [0.717, 1.165) is 49.5 Å². The van der Waals surface area contributed by atoms with Gasteiger partial charge in [0.05, 0.1) is 13.2 Å². The van der Waals surface area contributed by atoms with Gasteiger partial charge in [-0.15, -0.1) is 0 Å². The van der Waals surface area contributed by atoms with E-state index in [1.54, 1.807) is 12.1 Å². The summed E-state index contributed by atoms with van der Waals surface area (Å²) in [6, 6.07) is 15.2. The number of benzene rings is 1. The Kier molecular flexibility index (Phi) is 7.01. The first-order chi connectivity index (χ1) is 15.6. The number of likely N-dealkylation sites (tertiary alicyclic amines) is 1. The summed E-state index contributed by atoms with van der Waals surface area (Å²) in [6.45, 7) is 5.60. The van der Waals surface area contributed by atoms with Crippen LogP contribution < -0.4 is 15.8 Å². The number of aromatic nitrogens is 2. The number of hydrogen-bond acceptors (Lipinski definition) is 7. The molecule has 0 aliphatic carbocycles. The Morgan fingerprint density at radius 2 is 2.00 bits per heavy atom. The number of pyridine rings is 1. The Balaban J connectivity index is 1.23. The second-order valence-corrected chi connectivity index (χ2v) is 8.03. The number of ether oxygens (including phenoxy) is 1. The van der Waals surface area contributed by atoms with Crippen molar-refractivity contribution >= 4 is 11.6 Å². The monoisotopic (exact) mass is 435 g/mol. The van der Waals surface area contributed by atoms with Gasteiger partial charge in [-0.2, -0.15) is 0 Å². The molecule has 1 amide bonds. The van der Waals surface area contributed by atoms with E-state index in [4.69, 9.17) is 15.0 Å². The molecule has 8 heteroatoms. The number of anilines is 1. The molecular formula is C24H29N5O3. The van der Waals surface area contributed by atoms with Gasteiger partial charge in [0, 0.05) is 29.9 Å². The van der Waals surface area contributed by atoms with Crippen molar-refractivity contribution < 1.29 is 14.1 Å². The molecule has 0 spiro atoms. The molecule has 1 aliphatic rings. The second kappa shape index (κ2) is 10.3. The summed E-state index contributed by atoms with van der Waals surface area (Å²) in [4.78, 5) is 19.1. The highest BCUT2D eigenvalue weighted by molar-refractivity contribution is 5.93. The SMILES string of the molecule is CCOc1cc(N)cc(C(=O)NCC2CCN(Cc3cc(-c4ccccc4)no3)CC2)n1. The van der Waals surface area contributed by atoms with Gasteiger partial charge in [0.2, 0.25) is 5.88 Å². The van der Waals surface area contributed by atoms with E-state index >= 15 is 0 Å². The lowest BCUT2D eigenvalue weighted by atomic mass is 9.96. The molecule has 0 saturated carbocycles. The lowest BCUT2D eigenvalue weighted by Crippen LogP contribution is -2.38. The minimum Gasteiger partial charge on any atom is -0.478 e. The standard InChI is InChI=1S/C24H29N5O3/c1-2-31-23-13-19(25)12-22(27-23)24(30)26-15-17-8-10-29(11-9-17)16-20-14-21(28-32-20)18-6-4-3-5-7-18/h3-7,12-14,17H,2,8-11,15-16H2,1H3,(H2,25,27)(H,26,30). The molecule has 3 aromatic rings. The smallest absolute Gasteiger partial charge is 0.270 e. The Bertz CT molecular complexity index is 1030. The largest absolute Gasteiger partial charge is 0.478 e. The molecule has 8 nitrogen and oxygen atoms in total. The Hall–Kier alpha value is -3.39. The van der Waals surface area contributed by atoms with Gasteiger partial charge in [0.15, 0.2) is 5.76 Å². The second-order valence-electron chi connectivity index (χ2n) is 8.03. The third-order valence-corrected chi connectivity index (χ3v) is 5.62. The fourth-order valence-electron chi connectivity index (χ4n) is 3.89. The zero-order chi connectivity index (χ0) is 22.3. The molecule has 4 rings (SSSR count). The van der Waals surface area contributed by atoms with E-state index < -0.39 is 0 Å². The quantitative estimate of drug-likeness (QED) is 0.559. The summed E-state index contributed by atoms with van der Waals surface area (Å²) in [5, 5.41) is 7.19. The normalized spacial score (nSPS) is 14.9. The number of carbonyl (C=O) groups is 1. The molecule has 0 atom stereocenters. The van der Waals surface area contributed by atoms with E-state index in [1.165, 1.54) is 0 Å². The summed E-state index contributed by atoms with van der Waals surface area (Å²) >= 11 is 0. The molecule has 3 heterocycles. The average Bonchev–Trinajstić information content (AvgIpc) is 3.27. The third kappa shape index (κ3) is 5.64. The highest BCUT2D eigenvalue weighted by Crippen LogP contribution is 2.22. The maximum atomic E-state index is 12.5. The molecule has 1 saturated heterocycles. The number of nitrogens with zero attached hydrogens (tertiary/aromatic N) is 3. The van der Waals surface area contributed by atoms with Crippen LogP contribution >= 0.6 is 0 Å². The number of rotatable bonds is 8. The van der Waals surface area contributed by atoms with Crippen LogP contribution in [0.3, 0.4) is 0 Å². The Labute approximate surface area is 187 Å². The molecule has 168 valence electrons. The van der Waals surface area contributed by atoms with Gasteiger partial charge in [0.25, 0.3) is 5.91 Å². The molecule has 1 fully saturated rings. The van der Waals surface area contributed by atoms with Crippen molar-refractivity contribution in [2.24, 2.45) is 5.92 Å². The molecular weight excluding hydrogens is 406 g/mol. The molecule has 0 bridgehead atoms. The predicted octanol–water partition coefficient (Wildman–Crippen LogP) is 3.36. The van der Waals surface area contributed by atoms with Crippen LogP contribution in [0.5, 0.6) is 5.88 Å². The predicted molar refractivity (Wildman–Crippen MR) is 122 cm³/mol. The fraction of sp³-hybridized carbons (Fsp3) is 0.375. The number of hydrogen-bond donors (Lipinski definition) is 2. The lowest BCUT2D eigenvalue weighted by molar-refractivity contribution is 0.0927. The number of nitrogen functional groups attached to an aromatic ring is 1. The molecule has 0 radical (unpaired) electrons. The molecule has 1 aliphatic heterocycles. The van der Waals surface area contributed by atoms with Crippen molar-refractivity contribution in [1.29, 1.82) is 0 Å². The number of nitrogens with two attached hydrogens (primary N) is 1. The first-order valence-corrected chi connectivity index (χ1v) is 11.0. The van der Waals surface area contributed by atoms with Gasteiger partial charge in [-0.05, 0) is 44.8 Å². The van der Waals surface area contributed by atoms with Crippen LogP contribution in [0.25, 0.3) is 11.3 Å². The highest BCUT2D eigenvalue weighted by atomic mass is 16.5. The number of nitrogens with one attached hydrogen (secondary N) is 1. The Morgan fingerprint density at radius 3 is 2.75 bits per heavy atom. The van der Waals surface area contributed by atoms with Crippen LogP contribution in [0.1, 0.15) is 36.0 Å². The lowest BCUT2D eigenvalue weighted by Gasteiger charge is -2.31.